The molecule has 2 amide bonds. The molecule has 0 aliphatic carbocycles. The number of hydrogen-bond donors (Lipinski definition) is 3. The predicted octanol–water partition coefficient (Wildman–Crippen LogP) is -0.939. The van der Waals surface area contributed by atoms with Gasteiger partial charge in [-0.25, -0.2) is 0 Å². The second-order valence-corrected chi connectivity index (χ2v) is 2.89. The van der Waals surface area contributed by atoms with Gasteiger partial charge >= 0.3 is 0 Å². The lowest BCUT2D eigenvalue weighted by molar-refractivity contribution is -0.120. The molecule has 7 nitrogen and oxygen atoms in total. The molecule has 0 fully saturated rings. The minimum Gasteiger partial charge on any atom is -0.355 e. The molecular weight excluding hydrogens is 198 g/mol. The Hall–Kier alpha value is -1.92. The Labute approximate surface area is 86.6 Å². The standard InChI is InChI=1S/C8H13N5O2/c1-2-3-9-7(14)5-10-8(15)6-4-11-13-12-6/h4H,2-3,5H2,1H3,(H,9,14)(H,10,15)(H,11,12,13). The van der Waals surface area contributed by atoms with Gasteiger partial charge in [-0.3, -0.25) is 9.59 Å². The van der Waals surface area contributed by atoms with E-state index in [2.05, 4.69) is 26.0 Å². The number of carbonyl (C=O) groups excluding carboxylic acids is 2. The Kier molecular flexibility index (Phi) is 4.27. The Balaban J connectivity index is 2.25. The fourth-order valence-electron chi connectivity index (χ4n) is 0.889. The first-order valence-corrected chi connectivity index (χ1v) is 4.64. The number of aromatic nitrogens is 3. The zero-order valence-corrected chi connectivity index (χ0v) is 8.41. The number of rotatable bonds is 5. The Bertz CT molecular complexity index is 322. The van der Waals surface area contributed by atoms with Crippen LogP contribution in [0.5, 0.6) is 0 Å². The van der Waals surface area contributed by atoms with Gasteiger partial charge in [0, 0.05) is 6.54 Å². The SMILES string of the molecule is CCCNC(=O)CNC(=O)c1cn[nH]n1. The van der Waals surface area contributed by atoms with Crippen LogP contribution >= 0.6 is 0 Å². The van der Waals surface area contributed by atoms with Crippen LogP contribution < -0.4 is 10.6 Å². The maximum absolute atomic E-state index is 11.3. The van der Waals surface area contributed by atoms with Crippen molar-refractivity contribution in [1.82, 2.24) is 26.0 Å². The number of carbonyl (C=O) groups is 2. The van der Waals surface area contributed by atoms with E-state index in [-0.39, 0.29) is 18.1 Å². The highest BCUT2D eigenvalue weighted by Crippen LogP contribution is 1.86. The molecule has 0 saturated carbocycles. The number of nitrogens with one attached hydrogen (secondary N) is 3. The quantitative estimate of drug-likeness (QED) is 0.585. The third-order valence-corrected chi connectivity index (χ3v) is 1.63. The molecule has 0 unspecified atom stereocenters. The van der Waals surface area contributed by atoms with Gasteiger partial charge < -0.3 is 10.6 Å². The van der Waals surface area contributed by atoms with Crippen molar-refractivity contribution >= 4 is 11.8 Å². The van der Waals surface area contributed by atoms with Crippen LogP contribution in [0.25, 0.3) is 0 Å². The van der Waals surface area contributed by atoms with Crippen molar-refractivity contribution in [1.29, 1.82) is 0 Å². The predicted molar refractivity (Wildman–Crippen MR) is 52.0 cm³/mol. The minimum absolute atomic E-state index is 0.0499. The van der Waals surface area contributed by atoms with E-state index in [4.69, 9.17) is 0 Å². The van der Waals surface area contributed by atoms with Crippen molar-refractivity contribution in [2.75, 3.05) is 13.1 Å². The highest BCUT2D eigenvalue weighted by molar-refractivity contribution is 5.94. The third kappa shape index (κ3) is 3.75. The van der Waals surface area contributed by atoms with E-state index in [1.807, 2.05) is 6.92 Å². The zero-order valence-electron chi connectivity index (χ0n) is 8.41. The van der Waals surface area contributed by atoms with Crippen LogP contribution in [0.3, 0.4) is 0 Å². The lowest BCUT2D eigenvalue weighted by atomic mass is 10.4. The van der Waals surface area contributed by atoms with E-state index >= 15 is 0 Å². The first kappa shape index (κ1) is 11.2. The molecule has 15 heavy (non-hydrogen) atoms. The summed E-state index contributed by atoms with van der Waals surface area (Å²) in [4.78, 5) is 22.4. The van der Waals surface area contributed by atoms with Crippen LogP contribution in [0.1, 0.15) is 23.8 Å². The highest BCUT2D eigenvalue weighted by atomic mass is 16.2. The fraction of sp³-hybridized carbons (Fsp3) is 0.500. The van der Waals surface area contributed by atoms with Crippen LogP contribution in [-0.4, -0.2) is 40.3 Å². The number of aromatic amines is 1. The molecule has 1 rings (SSSR count). The van der Waals surface area contributed by atoms with Gasteiger partial charge in [-0.05, 0) is 6.42 Å². The zero-order chi connectivity index (χ0) is 11.1. The van der Waals surface area contributed by atoms with Gasteiger partial charge in [0.25, 0.3) is 5.91 Å². The van der Waals surface area contributed by atoms with Gasteiger partial charge in [0.1, 0.15) is 0 Å². The normalized spacial score (nSPS) is 9.67. The molecule has 7 heteroatoms. The molecule has 0 aliphatic rings. The van der Waals surface area contributed by atoms with Crippen LogP contribution in [-0.2, 0) is 4.79 Å². The summed E-state index contributed by atoms with van der Waals surface area (Å²) in [6.45, 7) is 2.51. The Morgan fingerprint density at radius 2 is 2.27 bits per heavy atom. The molecule has 3 N–H and O–H groups in total. The average Bonchev–Trinajstić information content (AvgIpc) is 2.76. The molecule has 0 aliphatic heterocycles. The molecule has 0 atom stereocenters. The summed E-state index contributed by atoms with van der Waals surface area (Å²) in [7, 11) is 0. The van der Waals surface area contributed by atoms with Gasteiger partial charge in [0.15, 0.2) is 5.69 Å². The summed E-state index contributed by atoms with van der Waals surface area (Å²) in [5.41, 5.74) is 0.165. The monoisotopic (exact) mass is 211 g/mol. The molecule has 1 aromatic heterocycles. The summed E-state index contributed by atoms with van der Waals surface area (Å²) in [5, 5.41) is 14.4. The van der Waals surface area contributed by atoms with Crippen molar-refractivity contribution in [2.24, 2.45) is 0 Å². The molecule has 0 radical (unpaired) electrons. The number of amides is 2. The van der Waals surface area contributed by atoms with Crippen LogP contribution in [0.15, 0.2) is 6.20 Å². The second kappa shape index (κ2) is 5.74. The lowest BCUT2D eigenvalue weighted by Gasteiger charge is -2.03. The van der Waals surface area contributed by atoms with Crippen molar-refractivity contribution in [3.05, 3.63) is 11.9 Å². The van der Waals surface area contributed by atoms with Gasteiger partial charge in [-0.1, -0.05) is 6.92 Å². The summed E-state index contributed by atoms with van der Waals surface area (Å²) < 4.78 is 0. The molecule has 1 heterocycles. The highest BCUT2D eigenvalue weighted by Gasteiger charge is 2.09. The minimum atomic E-state index is -0.421. The molecule has 0 saturated heterocycles. The molecule has 0 bridgehead atoms. The second-order valence-electron chi connectivity index (χ2n) is 2.89. The maximum atomic E-state index is 11.3. The van der Waals surface area contributed by atoms with E-state index in [1.54, 1.807) is 0 Å². The topological polar surface area (TPSA) is 99.8 Å². The van der Waals surface area contributed by atoms with E-state index in [0.29, 0.717) is 6.54 Å². The van der Waals surface area contributed by atoms with E-state index in [0.717, 1.165) is 6.42 Å². The molecule has 1 aromatic rings. The van der Waals surface area contributed by atoms with Gasteiger partial charge in [0.05, 0.1) is 12.7 Å². The molecular formula is C8H13N5O2. The van der Waals surface area contributed by atoms with Crippen molar-refractivity contribution in [2.45, 2.75) is 13.3 Å². The summed E-state index contributed by atoms with van der Waals surface area (Å²) in [6.07, 6.45) is 2.16. The average molecular weight is 211 g/mol. The third-order valence-electron chi connectivity index (χ3n) is 1.63. The summed E-state index contributed by atoms with van der Waals surface area (Å²) >= 11 is 0. The van der Waals surface area contributed by atoms with Crippen LogP contribution in [0.4, 0.5) is 0 Å². The van der Waals surface area contributed by atoms with E-state index in [1.165, 1.54) is 6.20 Å². The smallest absolute Gasteiger partial charge is 0.273 e. The van der Waals surface area contributed by atoms with Crippen molar-refractivity contribution in [3.8, 4) is 0 Å². The summed E-state index contributed by atoms with van der Waals surface area (Å²) in [5.74, 6) is -0.635. The lowest BCUT2D eigenvalue weighted by Crippen LogP contribution is -2.37. The largest absolute Gasteiger partial charge is 0.355 e. The van der Waals surface area contributed by atoms with Crippen LogP contribution in [0, 0.1) is 0 Å². The number of H-pyrrole nitrogens is 1. The number of hydrogen-bond acceptors (Lipinski definition) is 4. The van der Waals surface area contributed by atoms with Crippen molar-refractivity contribution in [3.63, 3.8) is 0 Å². The fourth-order valence-corrected chi connectivity index (χ4v) is 0.889. The first-order valence-electron chi connectivity index (χ1n) is 4.64. The maximum Gasteiger partial charge on any atom is 0.273 e. The van der Waals surface area contributed by atoms with Crippen LogP contribution in [0.2, 0.25) is 0 Å². The van der Waals surface area contributed by atoms with E-state index in [9.17, 15) is 9.59 Å². The summed E-state index contributed by atoms with van der Waals surface area (Å²) in [6, 6.07) is 0. The molecule has 0 spiro atoms. The molecule has 0 aromatic carbocycles. The Morgan fingerprint density at radius 3 is 2.87 bits per heavy atom. The Morgan fingerprint density at radius 1 is 1.47 bits per heavy atom. The van der Waals surface area contributed by atoms with Gasteiger partial charge in [-0.2, -0.15) is 15.4 Å². The van der Waals surface area contributed by atoms with E-state index < -0.39 is 5.91 Å². The van der Waals surface area contributed by atoms with Gasteiger partial charge in [0.2, 0.25) is 5.91 Å². The van der Waals surface area contributed by atoms with Gasteiger partial charge in [-0.15, -0.1) is 0 Å². The number of nitrogens with zero attached hydrogens (tertiary/aromatic N) is 2. The van der Waals surface area contributed by atoms with Crippen molar-refractivity contribution < 1.29 is 9.59 Å². The molecule has 82 valence electrons. The first-order chi connectivity index (χ1) is 7.24.